The Kier molecular flexibility index (Phi) is 5.34. The molecule has 1 aliphatic rings. The molecule has 19 heavy (non-hydrogen) atoms. The molecule has 3 nitrogen and oxygen atoms in total. The third-order valence-corrected chi connectivity index (χ3v) is 3.63. The average molecular weight is 304 g/mol. The lowest BCUT2D eigenvalue weighted by Gasteiger charge is -2.16. The Hall–Kier alpha value is -0.480. The molecule has 1 aromatic carbocycles. The van der Waals surface area contributed by atoms with Crippen molar-refractivity contribution in [1.29, 1.82) is 0 Å². The second-order valence-corrected chi connectivity index (χ2v) is 5.75. The van der Waals surface area contributed by atoms with Crippen molar-refractivity contribution in [3.05, 3.63) is 27.7 Å². The topological polar surface area (TPSA) is 41.5 Å². The molecule has 0 aromatic heterocycles. The van der Waals surface area contributed by atoms with E-state index in [4.69, 9.17) is 27.9 Å². The number of hydrogen-bond acceptors (Lipinski definition) is 3. The number of nitrogens with one attached hydrogen (secondary N) is 1. The van der Waals surface area contributed by atoms with E-state index in [-0.39, 0.29) is 6.61 Å². The zero-order valence-corrected chi connectivity index (χ0v) is 12.5. The van der Waals surface area contributed by atoms with Crippen LogP contribution in [-0.4, -0.2) is 23.9 Å². The van der Waals surface area contributed by atoms with E-state index in [0.29, 0.717) is 34.8 Å². The Morgan fingerprint density at radius 2 is 2.16 bits per heavy atom. The Balaban J connectivity index is 2.08. The van der Waals surface area contributed by atoms with E-state index in [9.17, 15) is 5.11 Å². The Morgan fingerprint density at radius 1 is 1.42 bits per heavy atom. The highest BCUT2D eigenvalue weighted by molar-refractivity contribution is 6.35. The largest absolute Gasteiger partial charge is 0.489 e. The first-order valence-corrected chi connectivity index (χ1v) is 7.38. The molecule has 0 radical (unpaired) electrons. The monoisotopic (exact) mass is 303 g/mol. The summed E-state index contributed by atoms with van der Waals surface area (Å²) in [7, 11) is 0. The van der Waals surface area contributed by atoms with E-state index < -0.39 is 6.10 Å². The molecule has 0 amide bonds. The standard InChI is InChI=1S/C14H19Cl2NO2/c1-2-12(18)8-19-14-9(7-17-11-3-4-11)5-10(15)6-13(14)16/h5-6,11-12,17-18H,2-4,7-8H2,1H3. The van der Waals surface area contributed by atoms with Crippen LogP contribution in [0.1, 0.15) is 31.7 Å². The number of aliphatic hydroxyl groups excluding tert-OH is 1. The van der Waals surface area contributed by atoms with E-state index in [2.05, 4.69) is 5.32 Å². The summed E-state index contributed by atoms with van der Waals surface area (Å²) in [5.74, 6) is 0.617. The molecule has 0 bridgehead atoms. The number of aliphatic hydroxyl groups is 1. The van der Waals surface area contributed by atoms with Crippen LogP contribution in [0.4, 0.5) is 0 Å². The summed E-state index contributed by atoms with van der Waals surface area (Å²) in [5.41, 5.74) is 0.938. The van der Waals surface area contributed by atoms with Gasteiger partial charge in [-0.05, 0) is 31.4 Å². The SMILES string of the molecule is CCC(O)COc1c(Cl)cc(Cl)cc1CNC1CC1. The molecule has 2 rings (SSSR count). The Bertz CT molecular complexity index is 436. The third kappa shape index (κ3) is 4.53. The number of ether oxygens (including phenoxy) is 1. The normalized spacial score (nSPS) is 16.4. The fraction of sp³-hybridized carbons (Fsp3) is 0.571. The average Bonchev–Trinajstić information content (AvgIpc) is 3.18. The molecule has 0 heterocycles. The van der Waals surface area contributed by atoms with Crippen LogP contribution in [0, 0.1) is 0 Å². The maximum Gasteiger partial charge on any atom is 0.142 e. The summed E-state index contributed by atoms with van der Waals surface area (Å²) in [6.45, 7) is 2.84. The number of hydrogen-bond donors (Lipinski definition) is 2. The lowest BCUT2D eigenvalue weighted by atomic mass is 10.2. The molecule has 5 heteroatoms. The first-order chi connectivity index (χ1) is 9.10. The van der Waals surface area contributed by atoms with Gasteiger partial charge in [-0.15, -0.1) is 0 Å². The number of benzene rings is 1. The van der Waals surface area contributed by atoms with E-state index in [1.54, 1.807) is 6.07 Å². The van der Waals surface area contributed by atoms with Gasteiger partial charge >= 0.3 is 0 Å². The maximum atomic E-state index is 9.57. The summed E-state index contributed by atoms with van der Waals surface area (Å²) < 4.78 is 5.65. The molecular formula is C14H19Cl2NO2. The minimum absolute atomic E-state index is 0.244. The van der Waals surface area contributed by atoms with Gasteiger partial charge in [0.05, 0.1) is 11.1 Å². The van der Waals surface area contributed by atoms with E-state index in [1.165, 1.54) is 12.8 Å². The Morgan fingerprint density at radius 3 is 2.79 bits per heavy atom. The van der Waals surface area contributed by atoms with E-state index >= 15 is 0 Å². The van der Waals surface area contributed by atoms with Crippen LogP contribution in [0.25, 0.3) is 0 Å². The molecule has 106 valence electrons. The third-order valence-electron chi connectivity index (χ3n) is 3.14. The van der Waals surface area contributed by atoms with Crippen molar-refractivity contribution < 1.29 is 9.84 Å². The first-order valence-electron chi connectivity index (χ1n) is 6.62. The summed E-state index contributed by atoms with van der Waals surface area (Å²) in [5, 5.41) is 14.1. The summed E-state index contributed by atoms with van der Waals surface area (Å²) in [4.78, 5) is 0. The lowest BCUT2D eigenvalue weighted by molar-refractivity contribution is 0.104. The smallest absolute Gasteiger partial charge is 0.142 e. The van der Waals surface area contributed by atoms with Crippen LogP contribution in [0.5, 0.6) is 5.75 Å². The molecule has 1 fully saturated rings. The molecule has 1 aliphatic carbocycles. The minimum Gasteiger partial charge on any atom is -0.489 e. The van der Waals surface area contributed by atoms with Crippen molar-refractivity contribution in [3.63, 3.8) is 0 Å². The van der Waals surface area contributed by atoms with Gasteiger partial charge in [0, 0.05) is 23.2 Å². The van der Waals surface area contributed by atoms with Crippen molar-refractivity contribution in [2.45, 2.75) is 44.9 Å². The highest BCUT2D eigenvalue weighted by Crippen LogP contribution is 2.33. The van der Waals surface area contributed by atoms with Gasteiger partial charge in [-0.1, -0.05) is 30.1 Å². The molecular weight excluding hydrogens is 285 g/mol. The van der Waals surface area contributed by atoms with Gasteiger partial charge in [-0.3, -0.25) is 0 Å². The second kappa shape index (κ2) is 6.80. The van der Waals surface area contributed by atoms with Crippen LogP contribution >= 0.6 is 23.2 Å². The zero-order chi connectivity index (χ0) is 13.8. The van der Waals surface area contributed by atoms with Crippen molar-refractivity contribution in [1.82, 2.24) is 5.32 Å². The number of rotatable bonds is 7. The highest BCUT2D eigenvalue weighted by Gasteiger charge is 2.21. The predicted octanol–water partition coefficient (Wildman–Crippen LogP) is 3.40. The van der Waals surface area contributed by atoms with Crippen LogP contribution in [0.2, 0.25) is 10.0 Å². The van der Waals surface area contributed by atoms with Gasteiger partial charge in [-0.2, -0.15) is 0 Å². The Labute approximate surface area is 123 Å². The lowest BCUT2D eigenvalue weighted by Crippen LogP contribution is -2.19. The summed E-state index contributed by atoms with van der Waals surface area (Å²) >= 11 is 12.2. The first kappa shape index (κ1) is 14.9. The molecule has 1 unspecified atom stereocenters. The molecule has 0 aliphatic heterocycles. The molecule has 2 N–H and O–H groups in total. The quantitative estimate of drug-likeness (QED) is 0.811. The zero-order valence-electron chi connectivity index (χ0n) is 11.0. The summed E-state index contributed by atoms with van der Waals surface area (Å²) in [6.07, 6.45) is 2.62. The van der Waals surface area contributed by atoms with Crippen LogP contribution in [-0.2, 0) is 6.54 Å². The molecule has 0 spiro atoms. The number of halogens is 2. The molecule has 1 saturated carbocycles. The van der Waals surface area contributed by atoms with Gasteiger partial charge in [0.15, 0.2) is 0 Å². The summed E-state index contributed by atoms with van der Waals surface area (Å²) in [6, 6.07) is 4.13. The van der Waals surface area contributed by atoms with Crippen molar-refractivity contribution in [2.75, 3.05) is 6.61 Å². The minimum atomic E-state index is -0.476. The molecule has 0 saturated heterocycles. The van der Waals surface area contributed by atoms with Crippen LogP contribution in [0.15, 0.2) is 12.1 Å². The maximum absolute atomic E-state index is 9.57. The molecule has 1 aromatic rings. The van der Waals surface area contributed by atoms with Gasteiger partial charge in [0.25, 0.3) is 0 Å². The van der Waals surface area contributed by atoms with Crippen molar-refractivity contribution >= 4 is 23.2 Å². The van der Waals surface area contributed by atoms with Gasteiger partial charge < -0.3 is 15.2 Å². The highest BCUT2D eigenvalue weighted by atomic mass is 35.5. The fourth-order valence-electron chi connectivity index (χ4n) is 1.75. The molecule has 1 atom stereocenters. The van der Waals surface area contributed by atoms with Gasteiger partial charge in [0.1, 0.15) is 12.4 Å². The van der Waals surface area contributed by atoms with Crippen molar-refractivity contribution in [3.8, 4) is 5.75 Å². The van der Waals surface area contributed by atoms with E-state index in [1.807, 2.05) is 13.0 Å². The van der Waals surface area contributed by atoms with Gasteiger partial charge in [-0.25, -0.2) is 0 Å². The van der Waals surface area contributed by atoms with E-state index in [0.717, 1.165) is 5.56 Å². The second-order valence-electron chi connectivity index (χ2n) is 4.90. The van der Waals surface area contributed by atoms with Crippen molar-refractivity contribution in [2.24, 2.45) is 0 Å². The van der Waals surface area contributed by atoms with Crippen LogP contribution in [0.3, 0.4) is 0 Å². The van der Waals surface area contributed by atoms with Gasteiger partial charge in [0.2, 0.25) is 0 Å². The van der Waals surface area contributed by atoms with Crippen LogP contribution < -0.4 is 10.1 Å². The predicted molar refractivity (Wildman–Crippen MR) is 78.1 cm³/mol. The fourth-order valence-corrected chi connectivity index (χ4v) is 2.34.